The molecule has 0 radical (unpaired) electrons. The Hall–Kier alpha value is -13.1. The van der Waals surface area contributed by atoms with E-state index in [0.29, 0.717) is 45.8 Å². The van der Waals surface area contributed by atoms with Crippen LogP contribution in [0.3, 0.4) is 0 Å². The SMILES string of the molecule is CC(C)(C)c1ccc(S(=O)(=O)Nc2cc(CF)nn2-c2cccc3ncccc23)cc1.CC(C)(C)c1ccc(S(=O)(=O)Nc2ccnn2-c2cccc3ncccc23)cc1.CC(C)Oc1ccc(S(=O)(=O)Nc2cc(CF)nn2-c2cccc3ncccc23)cc1.Cc1cc(NS(=O)(=O)c2ccc(C(C)(C)C)cc2)n(-c2nccc3ccccc23)n1. The first-order chi connectivity index (χ1) is 57.5. The standard InChI is InChI=1S/C23H23FN4O2S.C23H24N4O2S.C22H21FN4O3S.C22H22N4O2S/c1-23(2,3)16-9-11-18(12-10-16)31(29,30)27-22-14-17(15-24)26-28(22)21-8-4-7-20-19(21)6-5-13-25-20;1-16-15-21(26-30(28,29)19-11-9-18(10-12-19)23(2,3)4)27(25-16)22-20-8-6-5-7-17(20)13-14-24-22;1-15(2)30-17-8-10-18(11-9-17)31(28,29)26-22-13-16(14-23)25-27(22)21-7-3-6-20-19(21)5-4-12-24-20;1-22(2,3)16-9-11-17(12-10-16)29(27,28)25-21-13-15-24-26(21)20-8-4-7-19-18(20)6-5-14-23-19/h4-14,27H,15H2,1-3H3;5-15,26H,1-4H3;3-13,15,26H,14H2,1-2H3;4-15,25H,1-3H3. The highest BCUT2D eigenvalue weighted by atomic mass is 32.2. The third-order valence-electron chi connectivity index (χ3n) is 19.2. The number of pyridine rings is 4. The predicted molar refractivity (Wildman–Crippen MR) is 471 cm³/mol. The lowest BCUT2D eigenvalue weighted by Gasteiger charge is -2.19. The fourth-order valence-electron chi connectivity index (χ4n) is 13.1. The summed E-state index contributed by atoms with van der Waals surface area (Å²) in [6.07, 6.45) is 8.30. The van der Waals surface area contributed by atoms with Crippen LogP contribution in [0.15, 0.2) is 293 Å². The zero-order valence-electron chi connectivity index (χ0n) is 68.4. The average Bonchev–Trinajstić information content (AvgIpc) is 1.70. The van der Waals surface area contributed by atoms with E-state index in [9.17, 15) is 42.5 Å². The number of benzene rings is 8. The van der Waals surface area contributed by atoms with Gasteiger partial charge in [0.1, 0.15) is 42.4 Å². The van der Waals surface area contributed by atoms with Gasteiger partial charge in [0.25, 0.3) is 40.1 Å². The van der Waals surface area contributed by atoms with Crippen LogP contribution < -0.4 is 23.6 Å². The summed E-state index contributed by atoms with van der Waals surface area (Å²) in [6, 6.07) is 70.1. The van der Waals surface area contributed by atoms with Crippen molar-refractivity contribution in [2.75, 3.05) is 18.9 Å². The van der Waals surface area contributed by atoms with Crippen LogP contribution in [0.2, 0.25) is 0 Å². The number of sulfonamides is 4. The minimum absolute atomic E-state index is 0.0239. The highest BCUT2D eigenvalue weighted by Gasteiger charge is 2.27. The van der Waals surface area contributed by atoms with Crippen LogP contribution >= 0.6 is 0 Å². The molecular weight excluding hydrogens is 1620 g/mol. The minimum atomic E-state index is -3.94. The van der Waals surface area contributed by atoms with Crippen molar-refractivity contribution in [3.63, 3.8) is 0 Å². The Morgan fingerprint density at radius 2 is 0.719 bits per heavy atom. The number of alkyl halides is 2. The second-order valence-corrected chi connectivity index (χ2v) is 38.4. The summed E-state index contributed by atoms with van der Waals surface area (Å²) >= 11 is 0. The molecule has 0 fully saturated rings. The molecule has 0 aliphatic carbocycles. The molecule has 8 aromatic heterocycles. The van der Waals surface area contributed by atoms with Gasteiger partial charge < -0.3 is 4.74 Å². The number of nitrogens with one attached hydrogen (secondary N) is 4. The Labute approximate surface area is 701 Å². The van der Waals surface area contributed by atoms with E-state index in [4.69, 9.17) is 4.74 Å². The van der Waals surface area contributed by atoms with E-state index in [1.165, 1.54) is 33.6 Å². The van der Waals surface area contributed by atoms with E-state index >= 15 is 0 Å². The van der Waals surface area contributed by atoms with Crippen LogP contribution in [0, 0.1) is 6.92 Å². The number of aryl methyl sites for hydroxylation is 1. The molecule has 31 heteroatoms. The molecule has 0 aliphatic heterocycles. The van der Waals surface area contributed by atoms with Crippen molar-refractivity contribution in [2.45, 2.75) is 138 Å². The van der Waals surface area contributed by atoms with Gasteiger partial charge >= 0.3 is 0 Å². The molecule has 0 saturated carbocycles. The lowest BCUT2D eigenvalue weighted by atomic mass is 9.87. The highest BCUT2D eigenvalue weighted by molar-refractivity contribution is 7.93. The van der Waals surface area contributed by atoms with Crippen molar-refractivity contribution in [2.24, 2.45) is 0 Å². The van der Waals surface area contributed by atoms with Gasteiger partial charge in [-0.25, -0.2) is 61.5 Å². The molecule has 8 aromatic carbocycles. The molecule has 0 aliphatic rings. The molecule has 0 saturated heterocycles. The van der Waals surface area contributed by atoms with Crippen LogP contribution in [-0.4, -0.2) is 98.8 Å². The summed E-state index contributed by atoms with van der Waals surface area (Å²) in [5, 5.41) is 21.6. The molecule has 0 amide bonds. The highest BCUT2D eigenvalue weighted by Crippen LogP contribution is 2.34. The van der Waals surface area contributed by atoms with Crippen molar-refractivity contribution in [3.05, 3.63) is 307 Å². The van der Waals surface area contributed by atoms with Gasteiger partial charge in [0.2, 0.25) is 0 Å². The van der Waals surface area contributed by atoms with E-state index in [2.05, 4.69) is 122 Å². The van der Waals surface area contributed by atoms with Gasteiger partial charge in [-0.3, -0.25) is 33.8 Å². The number of hydrogen-bond acceptors (Lipinski definition) is 17. The maximum absolute atomic E-state index is 13.4. The number of nitrogens with zero attached hydrogens (tertiary/aromatic N) is 12. The normalized spacial score (nSPS) is 12.1. The van der Waals surface area contributed by atoms with Gasteiger partial charge in [0, 0.05) is 70.6 Å². The average molecular weight is 1710 g/mol. The van der Waals surface area contributed by atoms with Gasteiger partial charge in [-0.2, -0.15) is 25.1 Å². The van der Waals surface area contributed by atoms with E-state index < -0.39 is 53.4 Å². The molecule has 4 N–H and O–H groups in total. The maximum atomic E-state index is 13.4. The quantitative estimate of drug-likeness (QED) is 0.0551. The topological polar surface area (TPSA) is 317 Å². The summed E-state index contributed by atoms with van der Waals surface area (Å²) in [5.74, 6) is 2.14. The summed E-state index contributed by atoms with van der Waals surface area (Å²) in [4.78, 5) is 18.0. The molecule has 622 valence electrons. The van der Waals surface area contributed by atoms with Crippen LogP contribution in [0.1, 0.15) is 110 Å². The molecule has 8 heterocycles. The second kappa shape index (κ2) is 35.1. The van der Waals surface area contributed by atoms with Crippen LogP contribution in [0.25, 0.3) is 66.4 Å². The third-order valence-corrected chi connectivity index (χ3v) is 24.7. The molecule has 121 heavy (non-hydrogen) atoms. The minimum Gasteiger partial charge on any atom is -0.491 e. The third kappa shape index (κ3) is 19.9. The summed E-state index contributed by atoms with van der Waals surface area (Å²) < 4.78 is 153. The van der Waals surface area contributed by atoms with Crippen LogP contribution in [0.5, 0.6) is 5.75 Å². The number of ether oxygens (including phenoxy) is 1. The Morgan fingerprint density at radius 3 is 1.11 bits per heavy atom. The predicted octanol–water partition coefficient (Wildman–Crippen LogP) is 18.8. The first kappa shape index (κ1) is 85.8. The lowest BCUT2D eigenvalue weighted by Crippen LogP contribution is -2.17. The smallest absolute Gasteiger partial charge is 0.263 e. The zero-order chi connectivity index (χ0) is 86.4. The van der Waals surface area contributed by atoms with Crippen molar-refractivity contribution in [3.8, 4) is 28.6 Å². The first-order valence-electron chi connectivity index (χ1n) is 38.4. The number of hydrogen-bond donors (Lipinski definition) is 4. The van der Waals surface area contributed by atoms with Crippen molar-refractivity contribution in [1.29, 1.82) is 0 Å². The fourth-order valence-corrected chi connectivity index (χ4v) is 17.2. The Balaban J connectivity index is 0.000000139. The van der Waals surface area contributed by atoms with Crippen molar-refractivity contribution < 1.29 is 47.2 Å². The molecule has 16 rings (SSSR count). The van der Waals surface area contributed by atoms with Gasteiger partial charge in [-0.1, -0.05) is 141 Å². The molecule has 0 spiro atoms. The lowest BCUT2D eigenvalue weighted by molar-refractivity contribution is 0.242. The van der Waals surface area contributed by atoms with Gasteiger partial charge in [0.05, 0.1) is 82.6 Å². The molecule has 0 bridgehead atoms. The van der Waals surface area contributed by atoms with E-state index in [0.717, 1.165) is 60.3 Å². The van der Waals surface area contributed by atoms with Crippen molar-refractivity contribution >= 4 is 107 Å². The summed E-state index contributed by atoms with van der Waals surface area (Å²) in [6.45, 7) is 22.7. The second-order valence-electron chi connectivity index (χ2n) is 31.6. The van der Waals surface area contributed by atoms with E-state index in [-0.39, 0.29) is 65.0 Å². The molecule has 16 aromatic rings. The largest absolute Gasteiger partial charge is 0.491 e. The van der Waals surface area contributed by atoms with Gasteiger partial charge in [-0.05, 0) is 199 Å². The number of aromatic nitrogens is 12. The first-order valence-corrected chi connectivity index (χ1v) is 44.4. The molecule has 25 nitrogen and oxygen atoms in total. The fraction of sp³-hybridized carbons (Fsp3) is 0.200. The van der Waals surface area contributed by atoms with Gasteiger partial charge in [0.15, 0.2) is 5.82 Å². The van der Waals surface area contributed by atoms with E-state index in [1.54, 1.807) is 150 Å². The van der Waals surface area contributed by atoms with Crippen LogP contribution in [0.4, 0.5) is 32.1 Å². The Bertz CT molecular complexity index is 6890. The zero-order valence-corrected chi connectivity index (χ0v) is 71.7. The maximum Gasteiger partial charge on any atom is 0.263 e. The molecule has 0 atom stereocenters. The Kier molecular flexibility index (Phi) is 24.9. The number of rotatable bonds is 20. The van der Waals surface area contributed by atoms with Crippen LogP contribution in [-0.2, 0) is 69.7 Å². The number of halogens is 2. The number of fused-ring (bicyclic) bond motifs is 4. The monoisotopic (exact) mass is 1700 g/mol. The number of anilines is 4. The van der Waals surface area contributed by atoms with Gasteiger partial charge in [-0.15, -0.1) is 0 Å². The Morgan fingerprint density at radius 1 is 0.355 bits per heavy atom. The molecular formula is C90H90F2N16O9S4. The molecule has 0 unspecified atom stereocenters. The van der Waals surface area contributed by atoms with E-state index in [1.807, 2.05) is 130 Å². The summed E-state index contributed by atoms with van der Waals surface area (Å²) in [7, 11) is -15.4. The summed E-state index contributed by atoms with van der Waals surface area (Å²) in [5.41, 5.74) is 8.10. The van der Waals surface area contributed by atoms with Crippen molar-refractivity contribution in [1.82, 2.24) is 59.1 Å².